The van der Waals surface area contributed by atoms with Crippen molar-refractivity contribution < 1.29 is 19.8 Å². The van der Waals surface area contributed by atoms with Crippen molar-refractivity contribution in [2.75, 3.05) is 0 Å². The largest absolute Gasteiger partial charge is 0.481 e. The number of nitrogens with zero attached hydrogens (tertiary/aromatic N) is 2. The van der Waals surface area contributed by atoms with E-state index < -0.39 is 11.9 Å². The van der Waals surface area contributed by atoms with Crippen molar-refractivity contribution >= 4 is 11.9 Å². The van der Waals surface area contributed by atoms with Crippen molar-refractivity contribution in [2.24, 2.45) is 0 Å². The van der Waals surface area contributed by atoms with E-state index >= 15 is 0 Å². The van der Waals surface area contributed by atoms with E-state index in [0.717, 1.165) is 36.2 Å². The number of carboxylic acid groups (broad SMARTS) is 2. The van der Waals surface area contributed by atoms with E-state index in [1.54, 1.807) is 0 Å². The molecule has 0 aromatic carbocycles. The lowest BCUT2D eigenvalue weighted by Gasteiger charge is -2.22. The molecule has 0 saturated heterocycles. The minimum atomic E-state index is -0.923. The summed E-state index contributed by atoms with van der Waals surface area (Å²) in [6.45, 7) is 1.81. The van der Waals surface area contributed by atoms with Gasteiger partial charge in [-0.25, -0.2) is 0 Å². The molecule has 0 bridgehead atoms. The second-order valence-electron chi connectivity index (χ2n) is 4.90. The molecule has 0 aliphatic heterocycles. The van der Waals surface area contributed by atoms with Gasteiger partial charge in [0.2, 0.25) is 0 Å². The molecule has 1 atom stereocenters. The average Bonchev–Trinajstić information content (AvgIpc) is 2.67. The lowest BCUT2D eigenvalue weighted by Crippen LogP contribution is -2.18. The van der Waals surface area contributed by atoms with E-state index in [9.17, 15) is 9.59 Å². The Morgan fingerprint density at radius 2 is 2.11 bits per heavy atom. The minimum absolute atomic E-state index is 0.0289. The molecular formula is C13H18N2O4. The van der Waals surface area contributed by atoms with Crippen LogP contribution in [0, 0.1) is 0 Å². The molecule has 1 aliphatic carbocycles. The van der Waals surface area contributed by atoms with Crippen LogP contribution in [0.5, 0.6) is 0 Å². The molecule has 6 heteroatoms. The zero-order valence-corrected chi connectivity index (χ0v) is 10.9. The third kappa shape index (κ3) is 2.77. The van der Waals surface area contributed by atoms with Crippen LogP contribution in [0.2, 0.25) is 0 Å². The molecule has 2 rings (SSSR count). The standard InChI is InChI=1S/C13H18N2O4/c1-2-9-13-8(6-11(16)17)4-3-5-10(13)15(14-9)7-12(18)19/h8H,2-7H2,1H3,(H,16,17)(H,18,19). The first-order valence-corrected chi connectivity index (χ1v) is 6.55. The third-order valence-electron chi connectivity index (χ3n) is 3.59. The first-order chi connectivity index (χ1) is 9.02. The maximum absolute atomic E-state index is 10.9. The number of aromatic nitrogens is 2. The fraction of sp³-hybridized carbons (Fsp3) is 0.615. The number of aliphatic carboxylic acids is 2. The van der Waals surface area contributed by atoms with Gasteiger partial charge in [-0.2, -0.15) is 5.10 Å². The highest BCUT2D eigenvalue weighted by Crippen LogP contribution is 2.36. The Morgan fingerprint density at radius 1 is 1.37 bits per heavy atom. The maximum Gasteiger partial charge on any atom is 0.325 e. The summed E-state index contributed by atoms with van der Waals surface area (Å²) in [4.78, 5) is 21.8. The highest BCUT2D eigenvalue weighted by molar-refractivity contribution is 5.68. The van der Waals surface area contributed by atoms with Gasteiger partial charge in [-0.15, -0.1) is 0 Å². The Hall–Kier alpha value is -1.85. The van der Waals surface area contributed by atoms with Crippen molar-refractivity contribution in [2.45, 2.75) is 51.5 Å². The molecule has 1 unspecified atom stereocenters. The van der Waals surface area contributed by atoms with Crippen LogP contribution in [-0.4, -0.2) is 31.9 Å². The van der Waals surface area contributed by atoms with Gasteiger partial charge in [0.15, 0.2) is 0 Å². The number of hydrogen-bond acceptors (Lipinski definition) is 3. The molecule has 0 spiro atoms. The second kappa shape index (κ2) is 5.42. The molecule has 1 heterocycles. The third-order valence-corrected chi connectivity index (χ3v) is 3.59. The summed E-state index contributed by atoms with van der Waals surface area (Å²) in [5, 5.41) is 22.2. The second-order valence-corrected chi connectivity index (χ2v) is 4.90. The Bertz CT molecular complexity index is 507. The van der Waals surface area contributed by atoms with Gasteiger partial charge >= 0.3 is 11.9 Å². The highest BCUT2D eigenvalue weighted by atomic mass is 16.4. The molecule has 104 valence electrons. The summed E-state index contributed by atoms with van der Waals surface area (Å²) < 4.78 is 1.53. The highest BCUT2D eigenvalue weighted by Gasteiger charge is 2.29. The van der Waals surface area contributed by atoms with Crippen LogP contribution >= 0.6 is 0 Å². The number of rotatable bonds is 5. The van der Waals surface area contributed by atoms with Gasteiger partial charge in [0.1, 0.15) is 6.54 Å². The van der Waals surface area contributed by atoms with Crippen LogP contribution in [0.15, 0.2) is 0 Å². The normalized spacial score (nSPS) is 18.1. The molecule has 19 heavy (non-hydrogen) atoms. The van der Waals surface area contributed by atoms with Gasteiger partial charge in [0, 0.05) is 11.3 Å². The fourth-order valence-electron chi connectivity index (χ4n) is 2.90. The summed E-state index contributed by atoms with van der Waals surface area (Å²) in [6.07, 6.45) is 3.31. The fourth-order valence-corrected chi connectivity index (χ4v) is 2.90. The van der Waals surface area contributed by atoms with Crippen molar-refractivity contribution in [3.05, 3.63) is 17.0 Å². The minimum Gasteiger partial charge on any atom is -0.481 e. The molecule has 2 N–H and O–H groups in total. The van der Waals surface area contributed by atoms with Crippen LogP contribution in [0.1, 0.15) is 49.1 Å². The average molecular weight is 266 g/mol. The van der Waals surface area contributed by atoms with Gasteiger partial charge in [-0.05, 0) is 31.6 Å². The van der Waals surface area contributed by atoms with Crippen molar-refractivity contribution in [3.63, 3.8) is 0 Å². The van der Waals surface area contributed by atoms with Crippen molar-refractivity contribution in [1.29, 1.82) is 0 Å². The van der Waals surface area contributed by atoms with Crippen molar-refractivity contribution in [1.82, 2.24) is 9.78 Å². The Balaban J connectivity index is 2.40. The first-order valence-electron chi connectivity index (χ1n) is 6.55. The monoisotopic (exact) mass is 266 g/mol. The quantitative estimate of drug-likeness (QED) is 0.841. The lowest BCUT2D eigenvalue weighted by molar-refractivity contribution is -0.138. The van der Waals surface area contributed by atoms with Crippen LogP contribution < -0.4 is 0 Å². The number of carbonyl (C=O) groups is 2. The predicted octanol–water partition coefficient (Wildman–Crippen LogP) is 1.42. The SMILES string of the molecule is CCc1nn(CC(=O)O)c2c1C(CC(=O)O)CCC2. The molecule has 0 fully saturated rings. The number of carboxylic acids is 2. The van der Waals surface area contributed by atoms with Crippen LogP contribution in [-0.2, 0) is 29.0 Å². The topological polar surface area (TPSA) is 92.4 Å². The molecule has 0 amide bonds. The maximum atomic E-state index is 10.9. The van der Waals surface area contributed by atoms with E-state index in [2.05, 4.69) is 5.10 Å². The number of hydrogen-bond donors (Lipinski definition) is 2. The van der Waals surface area contributed by atoms with Gasteiger partial charge in [-0.3, -0.25) is 14.3 Å². The van der Waals surface area contributed by atoms with Crippen molar-refractivity contribution in [3.8, 4) is 0 Å². The summed E-state index contributed by atoms with van der Waals surface area (Å²) >= 11 is 0. The van der Waals surface area contributed by atoms with E-state index in [0.29, 0.717) is 6.42 Å². The molecule has 6 nitrogen and oxygen atoms in total. The van der Waals surface area contributed by atoms with E-state index in [1.165, 1.54) is 4.68 Å². The first kappa shape index (κ1) is 13.6. The van der Waals surface area contributed by atoms with Gasteiger partial charge < -0.3 is 10.2 Å². The van der Waals surface area contributed by atoms with E-state index in [4.69, 9.17) is 10.2 Å². The van der Waals surface area contributed by atoms with Gasteiger partial charge in [0.05, 0.1) is 12.1 Å². The Labute approximate surface area is 111 Å². The summed E-state index contributed by atoms with van der Waals surface area (Å²) in [5.74, 6) is -1.77. The summed E-state index contributed by atoms with van der Waals surface area (Å²) in [5.41, 5.74) is 2.75. The summed E-state index contributed by atoms with van der Waals surface area (Å²) in [7, 11) is 0. The molecule has 0 radical (unpaired) electrons. The number of fused-ring (bicyclic) bond motifs is 1. The molecular weight excluding hydrogens is 248 g/mol. The zero-order valence-electron chi connectivity index (χ0n) is 10.9. The molecule has 1 aliphatic rings. The predicted molar refractivity (Wildman–Crippen MR) is 67.2 cm³/mol. The Morgan fingerprint density at radius 3 is 2.68 bits per heavy atom. The van der Waals surface area contributed by atoms with Crippen LogP contribution in [0.4, 0.5) is 0 Å². The Kier molecular flexibility index (Phi) is 3.87. The van der Waals surface area contributed by atoms with E-state index in [1.807, 2.05) is 6.92 Å². The molecule has 0 saturated carbocycles. The smallest absolute Gasteiger partial charge is 0.325 e. The van der Waals surface area contributed by atoms with Crippen LogP contribution in [0.25, 0.3) is 0 Å². The lowest BCUT2D eigenvalue weighted by atomic mass is 9.82. The summed E-state index contributed by atoms with van der Waals surface area (Å²) in [6, 6.07) is 0. The molecule has 1 aromatic rings. The van der Waals surface area contributed by atoms with Gasteiger partial charge in [-0.1, -0.05) is 6.92 Å². The van der Waals surface area contributed by atoms with Crippen LogP contribution in [0.3, 0.4) is 0 Å². The van der Waals surface area contributed by atoms with E-state index in [-0.39, 0.29) is 18.9 Å². The molecule has 1 aromatic heterocycles. The zero-order chi connectivity index (χ0) is 14.0. The van der Waals surface area contributed by atoms with Gasteiger partial charge in [0.25, 0.3) is 0 Å². The number of aryl methyl sites for hydroxylation is 1.